The lowest BCUT2D eigenvalue weighted by Gasteiger charge is -2.05. The Labute approximate surface area is 96.8 Å². The highest BCUT2D eigenvalue weighted by Crippen LogP contribution is 2.06. The molecule has 0 aliphatic heterocycles. The monoisotopic (exact) mass is 275 g/mol. The quantitative estimate of drug-likeness (QED) is 0.823. The molecule has 0 bridgehead atoms. The van der Waals surface area contributed by atoms with Gasteiger partial charge in [-0.25, -0.2) is 0 Å². The summed E-state index contributed by atoms with van der Waals surface area (Å²) in [6.07, 6.45) is 1.47. The van der Waals surface area contributed by atoms with E-state index in [1.54, 1.807) is 11.3 Å². The van der Waals surface area contributed by atoms with E-state index in [9.17, 15) is 4.79 Å². The summed E-state index contributed by atoms with van der Waals surface area (Å²) in [6.45, 7) is 2.82. The van der Waals surface area contributed by atoms with Gasteiger partial charge < -0.3 is 5.32 Å². The molecule has 1 aromatic rings. The van der Waals surface area contributed by atoms with Crippen LogP contribution in [0, 0.1) is 0 Å². The molecule has 1 aromatic heterocycles. The summed E-state index contributed by atoms with van der Waals surface area (Å²) in [7, 11) is 0. The molecule has 0 aliphatic rings. The van der Waals surface area contributed by atoms with Crippen molar-refractivity contribution in [3.8, 4) is 0 Å². The van der Waals surface area contributed by atoms with Gasteiger partial charge in [0.2, 0.25) is 5.91 Å². The topological polar surface area (TPSA) is 29.1 Å². The molecule has 1 rings (SSSR count). The second kappa shape index (κ2) is 6.19. The standard InChI is InChI=1S/C10H14BrNOS/c1-8(11)2-4-12-10(13)6-9-3-5-14-7-9/h3,5,7-8H,2,4,6H2,1H3,(H,12,13). The van der Waals surface area contributed by atoms with Gasteiger partial charge in [0, 0.05) is 11.4 Å². The van der Waals surface area contributed by atoms with E-state index >= 15 is 0 Å². The van der Waals surface area contributed by atoms with Crippen molar-refractivity contribution in [2.45, 2.75) is 24.6 Å². The predicted octanol–water partition coefficient (Wildman–Crippen LogP) is 2.58. The molecule has 78 valence electrons. The minimum absolute atomic E-state index is 0.108. The summed E-state index contributed by atoms with van der Waals surface area (Å²) in [4.78, 5) is 11.8. The molecule has 1 atom stereocenters. The molecule has 14 heavy (non-hydrogen) atoms. The maximum absolute atomic E-state index is 11.4. The lowest BCUT2D eigenvalue weighted by Crippen LogP contribution is -2.26. The number of hydrogen-bond donors (Lipinski definition) is 1. The molecule has 0 saturated carbocycles. The highest BCUT2D eigenvalue weighted by molar-refractivity contribution is 9.09. The molecule has 2 nitrogen and oxygen atoms in total. The van der Waals surface area contributed by atoms with E-state index in [-0.39, 0.29) is 5.91 Å². The first-order valence-corrected chi connectivity index (χ1v) is 6.46. The predicted molar refractivity (Wildman–Crippen MR) is 64.0 cm³/mol. The van der Waals surface area contributed by atoms with Crippen molar-refractivity contribution in [3.05, 3.63) is 22.4 Å². The maximum atomic E-state index is 11.4. The Balaban J connectivity index is 2.17. The van der Waals surface area contributed by atoms with Gasteiger partial charge >= 0.3 is 0 Å². The maximum Gasteiger partial charge on any atom is 0.224 e. The lowest BCUT2D eigenvalue weighted by molar-refractivity contribution is -0.120. The minimum atomic E-state index is 0.108. The SMILES string of the molecule is CC(Br)CCNC(=O)Cc1ccsc1. The molecule has 0 spiro atoms. The number of nitrogens with one attached hydrogen (secondary N) is 1. The van der Waals surface area contributed by atoms with Crippen LogP contribution < -0.4 is 5.32 Å². The third-order valence-corrected chi connectivity index (χ3v) is 3.00. The van der Waals surface area contributed by atoms with Crippen molar-refractivity contribution in [3.63, 3.8) is 0 Å². The molecular weight excluding hydrogens is 262 g/mol. The Morgan fingerprint density at radius 1 is 1.71 bits per heavy atom. The van der Waals surface area contributed by atoms with Gasteiger partial charge in [-0.3, -0.25) is 4.79 Å². The molecule has 0 aliphatic carbocycles. The first-order valence-electron chi connectivity index (χ1n) is 4.60. The fraction of sp³-hybridized carbons (Fsp3) is 0.500. The van der Waals surface area contributed by atoms with Crippen molar-refractivity contribution < 1.29 is 4.79 Å². The molecule has 1 unspecified atom stereocenters. The van der Waals surface area contributed by atoms with Crippen LogP contribution in [0.4, 0.5) is 0 Å². The number of alkyl halides is 1. The Hall–Kier alpha value is -0.350. The third-order valence-electron chi connectivity index (χ3n) is 1.81. The fourth-order valence-corrected chi connectivity index (χ4v) is 1.95. The second-order valence-electron chi connectivity index (χ2n) is 3.23. The van der Waals surface area contributed by atoms with Crippen LogP contribution in [0.15, 0.2) is 16.8 Å². The van der Waals surface area contributed by atoms with Crippen LogP contribution in [0.25, 0.3) is 0 Å². The van der Waals surface area contributed by atoms with Crippen molar-refractivity contribution in [1.29, 1.82) is 0 Å². The minimum Gasteiger partial charge on any atom is -0.356 e. The van der Waals surface area contributed by atoms with E-state index in [0.29, 0.717) is 11.2 Å². The average molecular weight is 276 g/mol. The molecule has 0 fully saturated rings. The zero-order chi connectivity index (χ0) is 10.4. The molecule has 0 saturated heterocycles. The van der Waals surface area contributed by atoms with E-state index in [1.165, 1.54) is 0 Å². The van der Waals surface area contributed by atoms with Gasteiger partial charge in [0.25, 0.3) is 0 Å². The average Bonchev–Trinajstić information content (AvgIpc) is 2.56. The van der Waals surface area contributed by atoms with Gasteiger partial charge in [0.15, 0.2) is 0 Å². The number of amides is 1. The van der Waals surface area contributed by atoms with Crippen LogP contribution in [0.1, 0.15) is 18.9 Å². The summed E-state index contributed by atoms with van der Waals surface area (Å²) in [5.74, 6) is 0.108. The van der Waals surface area contributed by atoms with Crippen LogP contribution in [0.5, 0.6) is 0 Å². The van der Waals surface area contributed by atoms with Gasteiger partial charge in [-0.1, -0.05) is 22.9 Å². The van der Waals surface area contributed by atoms with Crippen LogP contribution in [-0.2, 0) is 11.2 Å². The fourth-order valence-electron chi connectivity index (χ4n) is 1.05. The van der Waals surface area contributed by atoms with E-state index < -0.39 is 0 Å². The summed E-state index contributed by atoms with van der Waals surface area (Å²) in [5.41, 5.74) is 1.10. The van der Waals surface area contributed by atoms with Gasteiger partial charge in [-0.05, 0) is 28.8 Å². The van der Waals surface area contributed by atoms with E-state index in [2.05, 4.69) is 28.2 Å². The molecule has 0 radical (unpaired) electrons. The van der Waals surface area contributed by atoms with Crippen molar-refractivity contribution in [1.82, 2.24) is 5.32 Å². The number of rotatable bonds is 5. The molecule has 1 heterocycles. The smallest absolute Gasteiger partial charge is 0.224 e. The highest BCUT2D eigenvalue weighted by atomic mass is 79.9. The zero-order valence-corrected chi connectivity index (χ0v) is 10.5. The van der Waals surface area contributed by atoms with Gasteiger partial charge in [-0.15, -0.1) is 0 Å². The van der Waals surface area contributed by atoms with Gasteiger partial charge in [0.1, 0.15) is 0 Å². The Bertz CT molecular complexity index is 272. The van der Waals surface area contributed by atoms with Crippen molar-refractivity contribution in [2.75, 3.05) is 6.54 Å². The Morgan fingerprint density at radius 2 is 2.50 bits per heavy atom. The van der Waals surface area contributed by atoms with Crippen molar-refractivity contribution in [2.24, 2.45) is 0 Å². The summed E-state index contributed by atoms with van der Waals surface area (Å²) in [5, 5.41) is 6.88. The molecular formula is C10H14BrNOS. The molecule has 1 N–H and O–H groups in total. The van der Waals surface area contributed by atoms with E-state index in [4.69, 9.17) is 0 Å². The van der Waals surface area contributed by atoms with E-state index in [0.717, 1.165) is 18.5 Å². The summed E-state index contributed by atoms with van der Waals surface area (Å²) in [6, 6.07) is 1.98. The Kier molecular flexibility index (Phi) is 5.19. The zero-order valence-electron chi connectivity index (χ0n) is 8.13. The molecule has 0 aromatic carbocycles. The van der Waals surface area contributed by atoms with Crippen LogP contribution in [-0.4, -0.2) is 17.3 Å². The molecule has 4 heteroatoms. The lowest BCUT2D eigenvalue weighted by atomic mass is 10.2. The largest absolute Gasteiger partial charge is 0.356 e. The first kappa shape index (κ1) is 11.7. The van der Waals surface area contributed by atoms with Gasteiger partial charge in [0.05, 0.1) is 6.42 Å². The normalized spacial score (nSPS) is 12.4. The van der Waals surface area contributed by atoms with Crippen molar-refractivity contribution >= 4 is 33.2 Å². The number of carbonyl (C=O) groups excluding carboxylic acids is 1. The summed E-state index contributed by atoms with van der Waals surface area (Å²) < 4.78 is 0. The number of thiophene rings is 1. The highest BCUT2D eigenvalue weighted by Gasteiger charge is 2.03. The number of hydrogen-bond acceptors (Lipinski definition) is 2. The number of carbonyl (C=O) groups is 1. The van der Waals surface area contributed by atoms with Crippen LogP contribution in [0.3, 0.4) is 0 Å². The van der Waals surface area contributed by atoms with Crippen LogP contribution in [0.2, 0.25) is 0 Å². The number of halogens is 1. The second-order valence-corrected chi connectivity index (χ2v) is 5.57. The van der Waals surface area contributed by atoms with Gasteiger partial charge in [-0.2, -0.15) is 11.3 Å². The summed E-state index contributed by atoms with van der Waals surface area (Å²) >= 11 is 5.06. The molecule has 1 amide bonds. The third kappa shape index (κ3) is 4.77. The van der Waals surface area contributed by atoms with Crippen LogP contribution >= 0.6 is 27.3 Å². The Morgan fingerprint density at radius 3 is 3.07 bits per heavy atom. The van der Waals surface area contributed by atoms with E-state index in [1.807, 2.05) is 16.8 Å². The first-order chi connectivity index (χ1) is 6.68.